The van der Waals surface area contributed by atoms with E-state index < -0.39 is 0 Å². The monoisotopic (exact) mass is 255 g/mol. The van der Waals surface area contributed by atoms with Crippen molar-refractivity contribution in [1.82, 2.24) is 5.32 Å². The molecule has 2 rings (SSSR count). The van der Waals surface area contributed by atoms with E-state index in [2.05, 4.69) is 26.1 Å². The maximum absolute atomic E-state index is 6.12. The fraction of sp³-hybridized carbons (Fsp3) is 1.00. The number of rotatable bonds is 5. The summed E-state index contributed by atoms with van der Waals surface area (Å²) in [5.41, 5.74) is 0.0898. The second-order valence-corrected chi connectivity index (χ2v) is 6.46. The Morgan fingerprint density at radius 1 is 1.28 bits per heavy atom. The van der Waals surface area contributed by atoms with Crippen molar-refractivity contribution in [2.45, 2.75) is 70.6 Å². The van der Waals surface area contributed by atoms with Gasteiger partial charge in [-0.15, -0.1) is 0 Å². The number of hydrogen-bond acceptors (Lipinski definition) is 3. The molecule has 2 aliphatic heterocycles. The number of ether oxygens (including phenoxy) is 2. The van der Waals surface area contributed by atoms with Crippen molar-refractivity contribution in [2.24, 2.45) is 5.92 Å². The van der Waals surface area contributed by atoms with Gasteiger partial charge >= 0.3 is 0 Å². The van der Waals surface area contributed by atoms with E-state index in [1.165, 1.54) is 19.3 Å². The van der Waals surface area contributed by atoms with E-state index in [9.17, 15) is 0 Å². The van der Waals surface area contributed by atoms with Crippen LogP contribution < -0.4 is 5.32 Å². The Labute approximate surface area is 112 Å². The molecule has 2 fully saturated rings. The molecular formula is C15H29NO2. The zero-order valence-corrected chi connectivity index (χ0v) is 12.2. The Kier molecular flexibility index (Phi) is 5.05. The summed E-state index contributed by atoms with van der Waals surface area (Å²) in [6.45, 7) is 9.58. The summed E-state index contributed by atoms with van der Waals surface area (Å²) < 4.78 is 11.8. The summed E-state index contributed by atoms with van der Waals surface area (Å²) in [7, 11) is 0. The first-order valence-electron chi connectivity index (χ1n) is 7.59. The molecule has 2 aliphatic rings. The second kappa shape index (κ2) is 6.36. The van der Waals surface area contributed by atoms with Crippen molar-refractivity contribution in [3.8, 4) is 0 Å². The minimum Gasteiger partial charge on any atom is -0.381 e. The van der Waals surface area contributed by atoms with Gasteiger partial charge in [0, 0.05) is 18.6 Å². The second-order valence-electron chi connectivity index (χ2n) is 6.46. The van der Waals surface area contributed by atoms with Crippen LogP contribution in [0.1, 0.15) is 52.9 Å². The van der Waals surface area contributed by atoms with Crippen LogP contribution in [0.25, 0.3) is 0 Å². The van der Waals surface area contributed by atoms with Crippen LogP contribution in [0.3, 0.4) is 0 Å². The highest BCUT2D eigenvalue weighted by Gasteiger charge is 2.35. The molecule has 18 heavy (non-hydrogen) atoms. The largest absolute Gasteiger partial charge is 0.381 e. The lowest BCUT2D eigenvalue weighted by atomic mass is 9.89. The number of nitrogens with one attached hydrogen (secondary N) is 1. The third-order valence-corrected chi connectivity index (χ3v) is 4.25. The molecule has 3 atom stereocenters. The van der Waals surface area contributed by atoms with Crippen LogP contribution in [0.5, 0.6) is 0 Å². The van der Waals surface area contributed by atoms with E-state index in [1.54, 1.807) is 0 Å². The van der Waals surface area contributed by atoms with Crippen molar-refractivity contribution in [3.63, 3.8) is 0 Å². The van der Waals surface area contributed by atoms with Crippen molar-refractivity contribution < 1.29 is 9.47 Å². The quantitative estimate of drug-likeness (QED) is 0.819. The fourth-order valence-corrected chi connectivity index (χ4v) is 3.21. The minimum absolute atomic E-state index is 0.0898. The molecule has 0 aromatic carbocycles. The van der Waals surface area contributed by atoms with Gasteiger partial charge in [0.2, 0.25) is 0 Å². The summed E-state index contributed by atoms with van der Waals surface area (Å²) in [5.74, 6) is 0.629. The molecule has 2 heterocycles. The molecule has 0 bridgehead atoms. The summed E-state index contributed by atoms with van der Waals surface area (Å²) in [6, 6.07) is 0.631. The van der Waals surface area contributed by atoms with Gasteiger partial charge in [0.05, 0.1) is 18.3 Å². The lowest BCUT2D eigenvalue weighted by Gasteiger charge is -2.34. The molecule has 0 aliphatic carbocycles. The molecule has 0 aromatic heterocycles. The van der Waals surface area contributed by atoms with Gasteiger partial charge in [-0.3, -0.25) is 0 Å². The van der Waals surface area contributed by atoms with Gasteiger partial charge in [0.1, 0.15) is 0 Å². The van der Waals surface area contributed by atoms with E-state index in [0.29, 0.717) is 18.1 Å². The van der Waals surface area contributed by atoms with E-state index in [0.717, 1.165) is 32.6 Å². The SMILES string of the molecule is CCCNC1CCOCC1CC1CCC(C)(C)O1. The van der Waals surface area contributed by atoms with Crippen LogP contribution in [0.4, 0.5) is 0 Å². The van der Waals surface area contributed by atoms with Gasteiger partial charge in [-0.05, 0) is 52.5 Å². The highest BCUT2D eigenvalue weighted by molar-refractivity contribution is 4.87. The lowest BCUT2D eigenvalue weighted by Crippen LogP contribution is -2.44. The molecule has 2 saturated heterocycles. The smallest absolute Gasteiger partial charge is 0.0631 e. The van der Waals surface area contributed by atoms with Crippen molar-refractivity contribution >= 4 is 0 Å². The minimum atomic E-state index is 0.0898. The van der Waals surface area contributed by atoms with Crippen LogP contribution >= 0.6 is 0 Å². The van der Waals surface area contributed by atoms with Crippen molar-refractivity contribution in [1.29, 1.82) is 0 Å². The van der Waals surface area contributed by atoms with Gasteiger partial charge in [-0.1, -0.05) is 6.92 Å². The third kappa shape index (κ3) is 3.94. The molecule has 0 saturated carbocycles. The maximum atomic E-state index is 6.12. The molecule has 3 nitrogen and oxygen atoms in total. The lowest BCUT2D eigenvalue weighted by molar-refractivity contribution is -0.0446. The molecular weight excluding hydrogens is 226 g/mol. The zero-order chi connectivity index (χ0) is 13.0. The van der Waals surface area contributed by atoms with Gasteiger partial charge in [-0.25, -0.2) is 0 Å². The zero-order valence-electron chi connectivity index (χ0n) is 12.2. The van der Waals surface area contributed by atoms with Crippen LogP contribution in [-0.4, -0.2) is 37.5 Å². The first-order valence-corrected chi connectivity index (χ1v) is 7.59. The molecule has 106 valence electrons. The van der Waals surface area contributed by atoms with Crippen LogP contribution in [-0.2, 0) is 9.47 Å². The molecule has 3 unspecified atom stereocenters. The van der Waals surface area contributed by atoms with E-state index in [1.807, 2.05) is 0 Å². The predicted octanol–water partition coefficient (Wildman–Crippen LogP) is 2.74. The Balaban J connectivity index is 1.82. The highest BCUT2D eigenvalue weighted by atomic mass is 16.5. The molecule has 0 aromatic rings. The number of hydrogen-bond donors (Lipinski definition) is 1. The Morgan fingerprint density at radius 3 is 2.78 bits per heavy atom. The van der Waals surface area contributed by atoms with Gasteiger partial charge < -0.3 is 14.8 Å². The average Bonchev–Trinajstić information content (AvgIpc) is 2.68. The first-order chi connectivity index (χ1) is 8.61. The summed E-state index contributed by atoms with van der Waals surface area (Å²) in [4.78, 5) is 0. The summed E-state index contributed by atoms with van der Waals surface area (Å²) in [6.07, 6.45) is 6.36. The maximum Gasteiger partial charge on any atom is 0.0631 e. The van der Waals surface area contributed by atoms with Crippen molar-refractivity contribution in [2.75, 3.05) is 19.8 Å². The van der Waals surface area contributed by atoms with Gasteiger partial charge in [0.25, 0.3) is 0 Å². The average molecular weight is 255 g/mol. The molecule has 3 heteroatoms. The Hall–Kier alpha value is -0.120. The predicted molar refractivity (Wildman–Crippen MR) is 73.8 cm³/mol. The third-order valence-electron chi connectivity index (χ3n) is 4.25. The van der Waals surface area contributed by atoms with Crippen molar-refractivity contribution in [3.05, 3.63) is 0 Å². The standard InChI is InChI=1S/C15H29NO2/c1-4-8-16-14-6-9-17-11-12(14)10-13-5-7-15(2,3)18-13/h12-14,16H,4-11H2,1-3H3. The Morgan fingerprint density at radius 2 is 2.11 bits per heavy atom. The van der Waals surface area contributed by atoms with Crippen LogP contribution in [0.2, 0.25) is 0 Å². The first kappa shape index (κ1) is 14.3. The molecule has 0 amide bonds. The highest BCUT2D eigenvalue weighted by Crippen LogP contribution is 2.34. The van der Waals surface area contributed by atoms with E-state index >= 15 is 0 Å². The molecule has 0 radical (unpaired) electrons. The molecule has 1 N–H and O–H groups in total. The fourth-order valence-electron chi connectivity index (χ4n) is 3.21. The summed E-state index contributed by atoms with van der Waals surface area (Å²) >= 11 is 0. The van der Waals surface area contributed by atoms with E-state index in [-0.39, 0.29) is 5.60 Å². The van der Waals surface area contributed by atoms with Gasteiger partial charge in [0.15, 0.2) is 0 Å². The van der Waals surface area contributed by atoms with Crippen LogP contribution in [0, 0.1) is 5.92 Å². The van der Waals surface area contributed by atoms with Crippen LogP contribution in [0.15, 0.2) is 0 Å². The normalized spacial score (nSPS) is 35.8. The van der Waals surface area contributed by atoms with E-state index in [4.69, 9.17) is 9.47 Å². The topological polar surface area (TPSA) is 30.5 Å². The van der Waals surface area contributed by atoms with Gasteiger partial charge in [-0.2, -0.15) is 0 Å². The summed E-state index contributed by atoms with van der Waals surface area (Å²) in [5, 5.41) is 3.68. The molecule has 0 spiro atoms. The Bertz CT molecular complexity index is 255.